The SMILES string of the molecule is CC(=O)Nc1ccsc1CNCc1nc2ccccc2[nH]1. The molecule has 0 bridgehead atoms. The van der Waals surface area contributed by atoms with Gasteiger partial charge >= 0.3 is 0 Å². The summed E-state index contributed by atoms with van der Waals surface area (Å²) in [5.74, 6) is 0.862. The highest BCUT2D eigenvalue weighted by atomic mass is 32.1. The van der Waals surface area contributed by atoms with Crippen LogP contribution in [0.15, 0.2) is 35.7 Å². The number of aromatic amines is 1. The Balaban J connectivity index is 1.61. The number of hydrogen-bond acceptors (Lipinski definition) is 4. The minimum absolute atomic E-state index is 0.0491. The number of carbonyl (C=O) groups excluding carboxylic acids is 1. The van der Waals surface area contributed by atoms with Gasteiger partial charge in [0, 0.05) is 18.3 Å². The molecule has 0 saturated heterocycles. The fourth-order valence-corrected chi connectivity index (χ4v) is 2.96. The average molecular weight is 300 g/mol. The summed E-state index contributed by atoms with van der Waals surface area (Å²) in [6, 6.07) is 9.89. The highest BCUT2D eigenvalue weighted by molar-refractivity contribution is 7.10. The van der Waals surface area contributed by atoms with Gasteiger partial charge in [-0.1, -0.05) is 12.1 Å². The molecule has 0 radical (unpaired) electrons. The van der Waals surface area contributed by atoms with E-state index in [2.05, 4.69) is 20.6 Å². The van der Waals surface area contributed by atoms with Crippen molar-refractivity contribution in [1.29, 1.82) is 0 Å². The van der Waals surface area contributed by atoms with Crippen LogP contribution in [0, 0.1) is 0 Å². The molecular formula is C15H16N4OS. The topological polar surface area (TPSA) is 69.8 Å². The Bertz CT molecular complexity index is 729. The molecular weight excluding hydrogens is 284 g/mol. The van der Waals surface area contributed by atoms with Crippen LogP contribution < -0.4 is 10.6 Å². The number of nitrogens with zero attached hydrogens (tertiary/aromatic N) is 1. The molecule has 5 nitrogen and oxygen atoms in total. The second-order valence-corrected chi connectivity index (χ2v) is 5.74. The first-order valence-electron chi connectivity index (χ1n) is 6.70. The number of H-pyrrole nitrogens is 1. The molecule has 3 rings (SSSR count). The summed E-state index contributed by atoms with van der Waals surface area (Å²) < 4.78 is 0. The zero-order valence-corrected chi connectivity index (χ0v) is 12.5. The number of imidazole rings is 1. The number of fused-ring (bicyclic) bond motifs is 1. The number of para-hydroxylation sites is 2. The molecule has 6 heteroatoms. The van der Waals surface area contributed by atoms with Crippen LogP contribution in [0.4, 0.5) is 5.69 Å². The number of aromatic nitrogens is 2. The largest absolute Gasteiger partial charge is 0.341 e. The molecule has 0 unspecified atom stereocenters. The maximum atomic E-state index is 11.1. The van der Waals surface area contributed by atoms with Crippen molar-refractivity contribution in [1.82, 2.24) is 15.3 Å². The molecule has 3 N–H and O–H groups in total. The van der Waals surface area contributed by atoms with Gasteiger partial charge in [-0.05, 0) is 23.6 Å². The zero-order valence-electron chi connectivity index (χ0n) is 11.6. The quantitative estimate of drug-likeness (QED) is 0.678. The van der Waals surface area contributed by atoms with E-state index in [1.165, 1.54) is 6.92 Å². The summed E-state index contributed by atoms with van der Waals surface area (Å²) in [6.45, 7) is 2.87. The number of nitrogens with one attached hydrogen (secondary N) is 3. The van der Waals surface area contributed by atoms with Gasteiger partial charge in [0.2, 0.25) is 5.91 Å². The van der Waals surface area contributed by atoms with Crippen LogP contribution in [0.3, 0.4) is 0 Å². The van der Waals surface area contributed by atoms with Crippen LogP contribution in [0.2, 0.25) is 0 Å². The van der Waals surface area contributed by atoms with Gasteiger partial charge in [0.25, 0.3) is 0 Å². The standard InChI is InChI=1S/C15H16N4OS/c1-10(20)17-13-6-7-21-14(13)8-16-9-15-18-11-4-2-3-5-12(11)19-15/h2-7,16H,8-9H2,1H3,(H,17,20)(H,18,19). The molecule has 0 fully saturated rings. The maximum absolute atomic E-state index is 11.1. The number of amides is 1. The third kappa shape index (κ3) is 3.29. The Kier molecular flexibility index (Phi) is 3.98. The summed E-state index contributed by atoms with van der Waals surface area (Å²) in [7, 11) is 0. The summed E-state index contributed by atoms with van der Waals surface area (Å²) in [4.78, 5) is 20.0. The summed E-state index contributed by atoms with van der Waals surface area (Å²) in [5, 5.41) is 8.15. The van der Waals surface area contributed by atoms with Crippen molar-refractivity contribution in [2.24, 2.45) is 0 Å². The predicted molar refractivity (Wildman–Crippen MR) is 85.3 cm³/mol. The summed E-state index contributed by atoms with van der Waals surface area (Å²) in [5.41, 5.74) is 2.90. The first-order chi connectivity index (χ1) is 10.2. The molecule has 0 aliphatic carbocycles. The van der Waals surface area contributed by atoms with Gasteiger partial charge in [0.15, 0.2) is 0 Å². The van der Waals surface area contributed by atoms with E-state index in [1.54, 1.807) is 11.3 Å². The Labute approximate surface area is 126 Å². The van der Waals surface area contributed by atoms with Gasteiger partial charge in [-0.3, -0.25) is 4.79 Å². The number of rotatable bonds is 5. The fraction of sp³-hybridized carbons (Fsp3) is 0.200. The van der Waals surface area contributed by atoms with Gasteiger partial charge in [0.05, 0.1) is 23.3 Å². The third-order valence-electron chi connectivity index (χ3n) is 3.07. The fourth-order valence-electron chi connectivity index (χ4n) is 2.16. The number of carbonyl (C=O) groups is 1. The Hall–Kier alpha value is -2.18. The van der Waals surface area contributed by atoms with Gasteiger partial charge in [0.1, 0.15) is 5.82 Å². The molecule has 1 amide bonds. The van der Waals surface area contributed by atoms with Crippen LogP contribution in [0.1, 0.15) is 17.6 Å². The van der Waals surface area contributed by atoms with Gasteiger partial charge in [-0.25, -0.2) is 4.98 Å². The monoisotopic (exact) mass is 300 g/mol. The number of benzene rings is 1. The molecule has 0 saturated carbocycles. The molecule has 3 aromatic rings. The van der Waals surface area contributed by atoms with E-state index in [4.69, 9.17) is 0 Å². The van der Waals surface area contributed by atoms with E-state index < -0.39 is 0 Å². The van der Waals surface area contributed by atoms with Gasteiger partial charge in [-0.2, -0.15) is 0 Å². The van der Waals surface area contributed by atoms with Crippen molar-refractivity contribution >= 4 is 34.0 Å². The third-order valence-corrected chi connectivity index (χ3v) is 3.99. The van der Waals surface area contributed by atoms with E-state index in [-0.39, 0.29) is 5.91 Å². The molecule has 108 valence electrons. The Morgan fingerprint density at radius 3 is 2.95 bits per heavy atom. The van der Waals surface area contributed by atoms with Crippen LogP contribution >= 0.6 is 11.3 Å². The van der Waals surface area contributed by atoms with Crippen molar-refractivity contribution in [2.75, 3.05) is 5.32 Å². The molecule has 0 spiro atoms. The lowest BCUT2D eigenvalue weighted by atomic mass is 10.3. The van der Waals surface area contributed by atoms with Gasteiger partial charge < -0.3 is 15.6 Å². The van der Waals surface area contributed by atoms with Crippen molar-refractivity contribution < 1.29 is 4.79 Å². The number of thiophene rings is 1. The minimum Gasteiger partial charge on any atom is -0.341 e. The molecule has 2 heterocycles. The zero-order chi connectivity index (χ0) is 14.7. The van der Waals surface area contributed by atoms with Gasteiger partial charge in [-0.15, -0.1) is 11.3 Å². The predicted octanol–water partition coefficient (Wildman–Crippen LogP) is 2.87. The van der Waals surface area contributed by atoms with Crippen molar-refractivity contribution in [3.8, 4) is 0 Å². The van der Waals surface area contributed by atoms with Crippen LogP contribution in [-0.2, 0) is 17.9 Å². The lowest BCUT2D eigenvalue weighted by Crippen LogP contribution is -2.15. The van der Waals surface area contributed by atoms with E-state index in [9.17, 15) is 4.79 Å². The van der Waals surface area contributed by atoms with E-state index >= 15 is 0 Å². The minimum atomic E-state index is -0.0491. The smallest absolute Gasteiger partial charge is 0.221 e. The molecule has 0 aliphatic rings. The van der Waals surface area contributed by atoms with Crippen molar-refractivity contribution in [3.05, 3.63) is 46.4 Å². The molecule has 0 aliphatic heterocycles. The first kappa shape index (κ1) is 13.8. The summed E-state index contributed by atoms with van der Waals surface area (Å²) in [6.07, 6.45) is 0. The van der Waals surface area contributed by atoms with Crippen molar-refractivity contribution in [2.45, 2.75) is 20.0 Å². The first-order valence-corrected chi connectivity index (χ1v) is 7.58. The van der Waals surface area contributed by atoms with Crippen LogP contribution in [0.25, 0.3) is 11.0 Å². The highest BCUT2D eigenvalue weighted by Crippen LogP contribution is 2.22. The highest BCUT2D eigenvalue weighted by Gasteiger charge is 2.06. The normalized spacial score (nSPS) is 10.9. The van der Waals surface area contributed by atoms with E-state index in [0.29, 0.717) is 13.1 Å². The van der Waals surface area contributed by atoms with E-state index in [1.807, 2.05) is 35.7 Å². The summed E-state index contributed by atoms with van der Waals surface area (Å²) >= 11 is 1.62. The number of anilines is 1. The Morgan fingerprint density at radius 1 is 1.29 bits per heavy atom. The lowest BCUT2D eigenvalue weighted by Gasteiger charge is -2.05. The molecule has 21 heavy (non-hydrogen) atoms. The molecule has 1 aromatic carbocycles. The second kappa shape index (κ2) is 6.07. The second-order valence-electron chi connectivity index (χ2n) is 4.74. The lowest BCUT2D eigenvalue weighted by molar-refractivity contribution is -0.114. The average Bonchev–Trinajstić information content (AvgIpc) is 3.05. The van der Waals surface area contributed by atoms with Crippen molar-refractivity contribution in [3.63, 3.8) is 0 Å². The van der Waals surface area contributed by atoms with Crippen LogP contribution in [0.5, 0.6) is 0 Å². The molecule has 0 atom stereocenters. The van der Waals surface area contributed by atoms with E-state index in [0.717, 1.165) is 27.4 Å². The molecule has 2 aromatic heterocycles. The Morgan fingerprint density at radius 2 is 2.14 bits per heavy atom. The number of hydrogen-bond donors (Lipinski definition) is 3. The maximum Gasteiger partial charge on any atom is 0.221 e. The van der Waals surface area contributed by atoms with Crippen LogP contribution in [-0.4, -0.2) is 15.9 Å².